The van der Waals surface area contributed by atoms with Gasteiger partial charge in [-0.05, 0) is 29.8 Å². The third kappa shape index (κ3) is 3.04. The van der Waals surface area contributed by atoms with Crippen LogP contribution in [-0.2, 0) is 6.54 Å². The lowest BCUT2D eigenvalue weighted by atomic mass is 10.1. The molecule has 2 aromatic carbocycles. The quantitative estimate of drug-likeness (QED) is 0.856. The summed E-state index contributed by atoms with van der Waals surface area (Å²) < 4.78 is 5.14. The van der Waals surface area contributed by atoms with Crippen molar-refractivity contribution < 1.29 is 4.74 Å². The number of anilines is 1. The highest BCUT2D eigenvalue weighted by Crippen LogP contribution is 2.27. The van der Waals surface area contributed by atoms with E-state index in [1.54, 1.807) is 13.2 Å². The van der Waals surface area contributed by atoms with E-state index in [-0.39, 0.29) is 0 Å². The van der Waals surface area contributed by atoms with E-state index in [0.717, 1.165) is 17.0 Å². The molecule has 2 aromatic rings. The molecule has 0 N–H and O–H groups in total. The van der Waals surface area contributed by atoms with Crippen LogP contribution in [0.2, 0.25) is 5.02 Å². The van der Waals surface area contributed by atoms with Gasteiger partial charge < -0.3 is 9.64 Å². The summed E-state index contributed by atoms with van der Waals surface area (Å²) in [6.45, 7) is 0.693. The van der Waals surface area contributed by atoms with Crippen LogP contribution < -0.4 is 9.64 Å². The maximum atomic E-state index is 9.20. The Morgan fingerprint density at radius 3 is 2.50 bits per heavy atom. The van der Waals surface area contributed by atoms with Crippen LogP contribution in [0.5, 0.6) is 5.75 Å². The van der Waals surface area contributed by atoms with Crippen molar-refractivity contribution in [3.8, 4) is 11.8 Å². The molecule has 2 rings (SSSR count). The Hall–Kier alpha value is -2.18. The predicted molar refractivity (Wildman–Crippen MR) is 81.3 cm³/mol. The van der Waals surface area contributed by atoms with Crippen molar-refractivity contribution in [1.82, 2.24) is 0 Å². The van der Waals surface area contributed by atoms with Gasteiger partial charge in [-0.3, -0.25) is 0 Å². The second-order valence-corrected chi connectivity index (χ2v) is 4.86. The van der Waals surface area contributed by atoms with Gasteiger partial charge in [0.1, 0.15) is 11.8 Å². The normalized spacial score (nSPS) is 9.90. The van der Waals surface area contributed by atoms with Crippen molar-refractivity contribution in [2.24, 2.45) is 0 Å². The number of nitriles is 1. The summed E-state index contributed by atoms with van der Waals surface area (Å²) in [7, 11) is 3.59. The van der Waals surface area contributed by atoms with Crippen molar-refractivity contribution in [3.63, 3.8) is 0 Å². The van der Waals surface area contributed by atoms with Crippen LogP contribution in [-0.4, -0.2) is 14.2 Å². The molecule has 0 bridgehead atoms. The summed E-state index contributed by atoms with van der Waals surface area (Å²) in [4.78, 5) is 2.01. The summed E-state index contributed by atoms with van der Waals surface area (Å²) in [5.74, 6) is 0.830. The molecule has 0 aliphatic rings. The molecular weight excluding hydrogens is 272 g/mol. The van der Waals surface area contributed by atoms with Crippen molar-refractivity contribution in [2.45, 2.75) is 6.54 Å². The summed E-state index contributed by atoms with van der Waals surface area (Å²) in [5.41, 5.74) is 2.47. The summed E-state index contributed by atoms with van der Waals surface area (Å²) in [6, 6.07) is 15.5. The fraction of sp³-hybridized carbons (Fsp3) is 0.188. The highest BCUT2D eigenvalue weighted by molar-refractivity contribution is 6.32. The summed E-state index contributed by atoms with van der Waals surface area (Å²) in [6.07, 6.45) is 0. The molecule has 102 valence electrons. The zero-order valence-corrected chi connectivity index (χ0v) is 12.2. The van der Waals surface area contributed by atoms with Crippen molar-refractivity contribution in [3.05, 3.63) is 58.6 Å². The third-order valence-corrected chi connectivity index (χ3v) is 3.41. The topological polar surface area (TPSA) is 36.3 Å². The van der Waals surface area contributed by atoms with Crippen molar-refractivity contribution >= 4 is 17.3 Å². The van der Waals surface area contributed by atoms with Gasteiger partial charge in [-0.25, -0.2) is 0 Å². The van der Waals surface area contributed by atoms with Gasteiger partial charge in [0.25, 0.3) is 0 Å². The van der Waals surface area contributed by atoms with E-state index < -0.39 is 0 Å². The smallest absolute Gasteiger partial charge is 0.118 e. The van der Waals surface area contributed by atoms with E-state index in [1.165, 1.54) is 0 Å². The first kappa shape index (κ1) is 14.2. The lowest BCUT2D eigenvalue weighted by molar-refractivity contribution is 0.414. The summed E-state index contributed by atoms with van der Waals surface area (Å²) >= 11 is 6.05. The highest BCUT2D eigenvalue weighted by atomic mass is 35.5. The maximum Gasteiger partial charge on any atom is 0.118 e. The van der Waals surface area contributed by atoms with E-state index in [2.05, 4.69) is 6.07 Å². The maximum absolute atomic E-state index is 9.20. The monoisotopic (exact) mass is 286 g/mol. The number of hydrogen-bond donors (Lipinski definition) is 0. The first-order valence-corrected chi connectivity index (χ1v) is 6.56. The van der Waals surface area contributed by atoms with E-state index in [1.807, 2.05) is 48.3 Å². The van der Waals surface area contributed by atoms with Gasteiger partial charge in [-0.1, -0.05) is 29.8 Å². The molecule has 20 heavy (non-hydrogen) atoms. The molecule has 0 amide bonds. The van der Waals surface area contributed by atoms with Crippen LogP contribution in [0.25, 0.3) is 0 Å². The molecule has 0 aromatic heterocycles. The predicted octanol–water partition coefficient (Wildman–Crippen LogP) is 3.86. The second-order valence-electron chi connectivity index (χ2n) is 4.45. The van der Waals surface area contributed by atoms with Gasteiger partial charge in [0.15, 0.2) is 0 Å². The van der Waals surface area contributed by atoms with Crippen LogP contribution in [0.15, 0.2) is 42.5 Å². The number of halogens is 1. The molecule has 3 nitrogen and oxygen atoms in total. The van der Waals surface area contributed by atoms with E-state index >= 15 is 0 Å². The molecule has 0 radical (unpaired) electrons. The van der Waals surface area contributed by atoms with Crippen molar-refractivity contribution in [1.29, 1.82) is 5.26 Å². The Labute approximate surface area is 124 Å². The fourth-order valence-electron chi connectivity index (χ4n) is 2.03. The highest BCUT2D eigenvalue weighted by Gasteiger charge is 2.10. The van der Waals surface area contributed by atoms with E-state index in [9.17, 15) is 5.26 Å². The minimum Gasteiger partial charge on any atom is -0.497 e. The Balaban J connectivity index is 2.21. The zero-order chi connectivity index (χ0) is 14.5. The number of nitrogens with zero attached hydrogens (tertiary/aromatic N) is 2. The minimum absolute atomic E-state index is 0.478. The largest absolute Gasteiger partial charge is 0.497 e. The minimum atomic E-state index is 0.478. The van der Waals surface area contributed by atoms with Gasteiger partial charge >= 0.3 is 0 Å². The zero-order valence-electron chi connectivity index (χ0n) is 11.4. The molecule has 0 aliphatic heterocycles. The Morgan fingerprint density at radius 2 is 1.90 bits per heavy atom. The first-order valence-electron chi connectivity index (χ1n) is 6.18. The Bertz CT molecular complexity index is 632. The van der Waals surface area contributed by atoms with Crippen molar-refractivity contribution in [2.75, 3.05) is 19.1 Å². The van der Waals surface area contributed by atoms with Gasteiger partial charge in [0, 0.05) is 13.6 Å². The number of methoxy groups -OCH3 is 1. The summed E-state index contributed by atoms with van der Waals surface area (Å²) in [5, 5.41) is 9.68. The number of hydrogen-bond acceptors (Lipinski definition) is 3. The average Bonchev–Trinajstić information content (AvgIpc) is 2.47. The van der Waals surface area contributed by atoms with Gasteiger partial charge in [-0.15, -0.1) is 0 Å². The molecule has 0 spiro atoms. The van der Waals surface area contributed by atoms with Crippen LogP contribution in [0.1, 0.15) is 11.1 Å². The molecule has 0 saturated heterocycles. The molecule has 0 unspecified atom stereocenters. The third-order valence-electron chi connectivity index (χ3n) is 3.09. The molecule has 0 aliphatic carbocycles. The number of benzene rings is 2. The van der Waals surface area contributed by atoms with Gasteiger partial charge in [0.2, 0.25) is 0 Å². The SMILES string of the molecule is COc1ccc(CN(C)c2cccc(Cl)c2C#N)cc1. The van der Waals surface area contributed by atoms with Crippen LogP contribution in [0.4, 0.5) is 5.69 Å². The standard InChI is InChI=1S/C16H15ClN2O/c1-19(11-12-6-8-13(20-2)9-7-12)16-5-3-4-15(17)14(16)10-18/h3-9H,11H2,1-2H3. The molecule has 0 atom stereocenters. The molecule has 0 fully saturated rings. The number of ether oxygens (including phenoxy) is 1. The Kier molecular flexibility index (Phi) is 4.49. The molecule has 0 saturated carbocycles. The van der Waals surface area contributed by atoms with Gasteiger partial charge in [-0.2, -0.15) is 5.26 Å². The molecule has 4 heteroatoms. The lowest BCUT2D eigenvalue weighted by Gasteiger charge is -2.21. The van der Waals surface area contributed by atoms with Gasteiger partial charge in [0.05, 0.1) is 23.4 Å². The lowest BCUT2D eigenvalue weighted by Crippen LogP contribution is -2.17. The fourth-order valence-corrected chi connectivity index (χ4v) is 2.24. The molecular formula is C16H15ClN2O. The Morgan fingerprint density at radius 1 is 1.20 bits per heavy atom. The van der Waals surface area contributed by atoms with Crippen LogP contribution in [0, 0.1) is 11.3 Å². The second kappa shape index (κ2) is 6.31. The van der Waals surface area contributed by atoms with Crippen LogP contribution in [0.3, 0.4) is 0 Å². The van der Waals surface area contributed by atoms with Crippen LogP contribution >= 0.6 is 11.6 Å². The van der Waals surface area contributed by atoms with E-state index in [0.29, 0.717) is 17.1 Å². The van der Waals surface area contributed by atoms with E-state index in [4.69, 9.17) is 16.3 Å². The molecule has 0 heterocycles. The average molecular weight is 287 g/mol. The first-order chi connectivity index (χ1) is 9.65. The number of rotatable bonds is 4.